The van der Waals surface area contributed by atoms with Gasteiger partial charge in [-0.2, -0.15) is 0 Å². The number of nitrogens with one attached hydrogen (secondary N) is 1. The van der Waals surface area contributed by atoms with E-state index in [2.05, 4.69) is 30.9 Å². The number of halogens is 1. The number of rotatable bonds is 2. The molecule has 0 bridgehead atoms. The standard InChI is InChI=1S/C12H10BrN3O/c13-8-2-1-5-14-11(8)12-15-9(7-3-4-7)6-10(17)16-12/h1-2,5-7H,3-4H2,(H,15,16,17). The van der Waals surface area contributed by atoms with Crippen LogP contribution in [0.4, 0.5) is 0 Å². The zero-order chi connectivity index (χ0) is 11.8. The van der Waals surface area contributed by atoms with Gasteiger partial charge in [0, 0.05) is 22.7 Å². The summed E-state index contributed by atoms with van der Waals surface area (Å²) in [5.41, 5.74) is 1.43. The lowest BCUT2D eigenvalue weighted by atomic mass is 10.2. The summed E-state index contributed by atoms with van der Waals surface area (Å²) in [5, 5.41) is 0. The summed E-state index contributed by atoms with van der Waals surface area (Å²) in [6, 6.07) is 5.29. The Kier molecular flexibility index (Phi) is 2.55. The molecule has 86 valence electrons. The van der Waals surface area contributed by atoms with Crippen molar-refractivity contribution in [2.75, 3.05) is 0 Å². The molecule has 0 radical (unpaired) electrons. The number of hydrogen-bond donors (Lipinski definition) is 1. The third-order valence-corrected chi connectivity index (χ3v) is 3.38. The molecule has 0 unspecified atom stereocenters. The Morgan fingerprint density at radius 3 is 2.94 bits per heavy atom. The summed E-state index contributed by atoms with van der Waals surface area (Å²) >= 11 is 3.41. The van der Waals surface area contributed by atoms with Crippen LogP contribution in [0.25, 0.3) is 11.5 Å². The molecule has 17 heavy (non-hydrogen) atoms. The van der Waals surface area contributed by atoms with Gasteiger partial charge in [-0.3, -0.25) is 9.78 Å². The maximum atomic E-state index is 11.6. The maximum absolute atomic E-state index is 11.6. The van der Waals surface area contributed by atoms with Gasteiger partial charge in [-0.25, -0.2) is 4.98 Å². The molecule has 1 aliphatic rings. The van der Waals surface area contributed by atoms with Crippen LogP contribution in [0.2, 0.25) is 0 Å². The third-order valence-electron chi connectivity index (χ3n) is 2.74. The van der Waals surface area contributed by atoms with Gasteiger partial charge < -0.3 is 4.98 Å². The molecule has 0 aromatic carbocycles. The van der Waals surface area contributed by atoms with Gasteiger partial charge in [0.1, 0.15) is 5.69 Å². The van der Waals surface area contributed by atoms with Gasteiger partial charge in [0.05, 0.1) is 5.69 Å². The summed E-state index contributed by atoms with van der Waals surface area (Å²) < 4.78 is 0.830. The maximum Gasteiger partial charge on any atom is 0.251 e. The lowest BCUT2D eigenvalue weighted by molar-refractivity contribution is 0.969. The largest absolute Gasteiger partial charge is 0.305 e. The van der Waals surface area contributed by atoms with Crippen molar-refractivity contribution < 1.29 is 0 Å². The fraction of sp³-hybridized carbons (Fsp3) is 0.250. The van der Waals surface area contributed by atoms with Gasteiger partial charge in [0.2, 0.25) is 0 Å². The van der Waals surface area contributed by atoms with E-state index >= 15 is 0 Å². The van der Waals surface area contributed by atoms with Gasteiger partial charge in [0.25, 0.3) is 5.56 Å². The highest BCUT2D eigenvalue weighted by molar-refractivity contribution is 9.10. The summed E-state index contributed by atoms with van der Waals surface area (Å²) in [4.78, 5) is 23.0. The van der Waals surface area contributed by atoms with E-state index in [4.69, 9.17) is 0 Å². The van der Waals surface area contributed by atoms with Crippen LogP contribution in [0.3, 0.4) is 0 Å². The van der Waals surface area contributed by atoms with Crippen LogP contribution in [-0.2, 0) is 0 Å². The molecule has 5 heteroatoms. The molecule has 1 N–H and O–H groups in total. The van der Waals surface area contributed by atoms with Crippen molar-refractivity contribution in [2.24, 2.45) is 0 Å². The minimum atomic E-state index is -0.116. The fourth-order valence-electron chi connectivity index (χ4n) is 1.74. The molecule has 4 nitrogen and oxygen atoms in total. The van der Waals surface area contributed by atoms with Gasteiger partial charge in [-0.15, -0.1) is 0 Å². The van der Waals surface area contributed by atoms with E-state index in [9.17, 15) is 4.79 Å². The van der Waals surface area contributed by atoms with Crippen molar-refractivity contribution in [2.45, 2.75) is 18.8 Å². The quantitative estimate of drug-likeness (QED) is 0.925. The Bertz CT molecular complexity index is 619. The molecule has 0 aliphatic heterocycles. The summed E-state index contributed by atoms with van der Waals surface area (Å²) in [5.74, 6) is 0.991. The van der Waals surface area contributed by atoms with Crippen LogP contribution >= 0.6 is 15.9 Å². The van der Waals surface area contributed by atoms with Crippen molar-refractivity contribution in [1.29, 1.82) is 0 Å². The Morgan fingerprint density at radius 1 is 1.41 bits per heavy atom. The monoisotopic (exact) mass is 291 g/mol. The molecule has 1 aliphatic carbocycles. The van der Waals surface area contributed by atoms with Crippen molar-refractivity contribution in [3.8, 4) is 11.5 Å². The van der Waals surface area contributed by atoms with E-state index < -0.39 is 0 Å². The first-order valence-electron chi connectivity index (χ1n) is 5.46. The molecule has 3 rings (SSSR count). The van der Waals surface area contributed by atoms with Gasteiger partial charge in [0.15, 0.2) is 5.82 Å². The number of nitrogens with zero attached hydrogens (tertiary/aromatic N) is 2. The van der Waals surface area contributed by atoms with Crippen LogP contribution in [0.5, 0.6) is 0 Å². The van der Waals surface area contributed by atoms with Crippen LogP contribution in [-0.4, -0.2) is 15.0 Å². The van der Waals surface area contributed by atoms with Crippen molar-refractivity contribution in [3.05, 3.63) is 44.9 Å². The minimum absolute atomic E-state index is 0.116. The second-order valence-corrected chi connectivity index (χ2v) is 4.98. The zero-order valence-electron chi connectivity index (χ0n) is 8.98. The third kappa shape index (κ3) is 2.15. The van der Waals surface area contributed by atoms with E-state index in [0.29, 0.717) is 17.4 Å². The van der Waals surface area contributed by atoms with Crippen LogP contribution in [0, 0.1) is 0 Å². The Labute approximate surface area is 106 Å². The van der Waals surface area contributed by atoms with E-state index in [0.717, 1.165) is 23.0 Å². The average molecular weight is 292 g/mol. The van der Waals surface area contributed by atoms with Gasteiger partial charge in [-0.05, 0) is 40.9 Å². The minimum Gasteiger partial charge on any atom is -0.305 e. The molecule has 0 amide bonds. The Hall–Kier alpha value is -1.49. The molecular formula is C12H10BrN3O. The molecule has 0 spiro atoms. The molecule has 1 fully saturated rings. The predicted octanol–water partition coefficient (Wildman–Crippen LogP) is 2.47. The van der Waals surface area contributed by atoms with Crippen molar-refractivity contribution in [3.63, 3.8) is 0 Å². The molecular weight excluding hydrogens is 282 g/mol. The SMILES string of the molecule is O=c1cc(C2CC2)nc(-c2ncccc2Br)[nH]1. The first-order valence-corrected chi connectivity index (χ1v) is 6.25. The first kappa shape index (κ1) is 10.7. The van der Waals surface area contributed by atoms with Crippen LogP contribution in [0.15, 0.2) is 33.7 Å². The van der Waals surface area contributed by atoms with Crippen LogP contribution < -0.4 is 5.56 Å². The number of pyridine rings is 1. The summed E-state index contributed by atoms with van der Waals surface area (Å²) in [7, 11) is 0. The van der Waals surface area contributed by atoms with Crippen molar-refractivity contribution >= 4 is 15.9 Å². The van der Waals surface area contributed by atoms with Gasteiger partial charge >= 0.3 is 0 Å². The normalized spacial score (nSPS) is 14.9. The van der Waals surface area contributed by atoms with Gasteiger partial charge in [-0.1, -0.05) is 0 Å². The highest BCUT2D eigenvalue weighted by Crippen LogP contribution is 2.38. The number of H-pyrrole nitrogens is 1. The second-order valence-electron chi connectivity index (χ2n) is 4.13. The zero-order valence-corrected chi connectivity index (χ0v) is 10.6. The van der Waals surface area contributed by atoms with E-state index in [1.54, 1.807) is 12.3 Å². The molecule has 2 aromatic heterocycles. The smallest absolute Gasteiger partial charge is 0.251 e. The molecule has 1 saturated carbocycles. The van der Waals surface area contributed by atoms with E-state index in [1.165, 1.54) is 0 Å². The first-order chi connectivity index (χ1) is 8.24. The average Bonchev–Trinajstić information content (AvgIpc) is 3.12. The second kappa shape index (κ2) is 4.07. The number of aromatic amines is 1. The summed E-state index contributed by atoms with van der Waals surface area (Å²) in [6.45, 7) is 0. The lowest BCUT2D eigenvalue weighted by Gasteiger charge is -2.04. The molecule has 2 aromatic rings. The fourth-order valence-corrected chi connectivity index (χ4v) is 2.18. The number of aromatic nitrogens is 3. The highest BCUT2D eigenvalue weighted by Gasteiger charge is 2.26. The molecule has 0 atom stereocenters. The summed E-state index contributed by atoms with van der Waals surface area (Å²) in [6.07, 6.45) is 3.93. The molecule has 0 saturated heterocycles. The lowest BCUT2D eigenvalue weighted by Crippen LogP contribution is -2.10. The Balaban J connectivity index is 2.14. The highest BCUT2D eigenvalue weighted by atomic mass is 79.9. The Morgan fingerprint density at radius 2 is 2.24 bits per heavy atom. The van der Waals surface area contributed by atoms with E-state index in [1.807, 2.05) is 12.1 Å². The van der Waals surface area contributed by atoms with Crippen molar-refractivity contribution in [1.82, 2.24) is 15.0 Å². The molecule has 2 heterocycles. The number of hydrogen-bond acceptors (Lipinski definition) is 3. The topological polar surface area (TPSA) is 58.6 Å². The van der Waals surface area contributed by atoms with E-state index in [-0.39, 0.29) is 5.56 Å². The van der Waals surface area contributed by atoms with Crippen LogP contribution in [0.1, 0.15) is 24.5 Å². The predicted molar refractivity (Wildman–Crippen MR) is 67.8 cm³/mol.